The van der Waals surface area contributed by atoms with E-state index in [-0.39, 0.29) is 16.1 Å². The predicted molar refractivity (Wildman–Crippen MR) is 100.0 cm³/mol. The average Bonchev–Trinajstić information content (AvgIpc) is 2.62. The molecule has 126 valence electrons. The molecule has 2 N–H and O–H groups in total. The summed E-state index contributed by atoms with van der Waals surface area (Å²) in [5, 5.41) is 2.93. The third kappa shape index (κ3) is 3.93. The molecular weight excluding hydrogens is 412 g/mol. The van der Waals surface area contributed by atoms with Crippen molar-refractivity contribution < 1.29 is 13.2 Å². The van der Waals surface area contributed by atoms with E-state index in [0.717, 1.165) is 9.37 Å². The molecule has 1 amide bonds. The molecule has 8 heteroatoms. The summed E-state index contributed by atoms with van der Waals surface area (Å²) >= 11 is 4.87. The number of carbonyl (C=O) groups excluding carboxylic acids is 1. The molecule has 2 aromatic rings. The Bertz CT molecular complexity index is 900. The molecule has 0 aromatic heterocycles. The van der Waals surface area contributed by atoms with Crippen LogP contribution in [0.25, 0.3) is 0 Å². The number of rotatable bonds is 3. The molecule has 0 bridgehead atoms. The van der Waals surface area contributed by atoms with Gasteiger partial charge in [-0.1, -0.05) is 28.9 Å². The molecule has 1 aliphatic rings. The molecular formula is C16H15BrN2O3S2. The Hall–Kier alpha value is -1.51. The summed E-state index contributed by atoms with van der Waals surface area (Å²) in [6.45, 7) is 1.97. The van der Waals surface area contributed by atoms with Gasteiger partial charge < -0.3 is 5.32 Å². The van der Waals surface area contributed by atoms with Gasteiger partial charge in [-0.25, -0.2) is 8.42 Å². The summed E-state index contributed by atoms with van der Waals surface area (Å²) in [6, 6.07) is 11.7. The molecule has 0 saturated carbocycles. The SMILES string of the molecule is C[C@@H]1CC(=O)Nc2cc(S(=O)(=O)Nc3cccc(Br)c3)ccc2S1. The smallest absolute Gasteiger partial charge is 0.261 e. The Kier molecular flexibility index (Phi) is 4.89. The fourth-order valence-corrected chi connectivity index (χ4v) is 4.89. The zero-order chi connectivity index (χ0) is 17.3. The molecule has 0 radical (unpaired) electrons. The van der Waals surface area contributed by atoms with Gasteiger partial charge in [-0.05, 0) is 36.4 Å². The maximum absolute atomic E-state index is 12.6. The van der Waals surface area contributed by atoms with Crippen molar-refractivity contribution in [2.24, 2.45) is 0 Å². The summed E-state index contributed by atoms with van der Waals surface area (Å²) in [7, 11) is -3.74. The Labute approximate surface area is 153 Å². The van der Waals surface area contributed by atoms with E-state index in [2.05, 4.69) is 26.0 Å². The largest absolute Gasteiger partial charge is 0.325 e. The lowest BCUT2D eigenvalue weighted by Gasteiger charge is -2.12. The number of hydrogen-bond donors (Lipinski definition) is 2. The first-order valence-electron chi connectivity index (χ1n) is 7.22. The zero-order valence-corrected chi connectivity index (χ0v) is 16.0. The first-order valence-corrected chi connectivity index (χ1v) is 10.4. The van der Waals surface area contributed by atoms with Gasteiger partial charge in [0, 0.05) is 26.7 Å². The van der Waals surface area contributed by atoms with Crippen molar-refractivity contribution in [3.05, 3.63) is 46.9 Å². The van der Waals surface area contributed by atoms with E-state index in [4.69, 9.17) is 0 Å². The quantitative estimate of drug-likeness (QED) is 0.775. The van der Waals surface area contributed by atoms with Crippen LogP contribution in [0.1, 0.15) is 13.3 Å². The van der Waals surface area contributed by atoms with Crippen LogP contribution in [0.2, 0.25) is 0 Å². The van der Waals surface area contributed by atoms with Crippen LogP contribution in [0.4, 0.5) is 11.4 Å². The third-order valence-electron chi connectivity index (χ3n) is 3.41. The summed E-state index contributed by atoms with van der Waals surface area (Å²) in [5.41, 5.74) is 0.998. The normalized spacial score (nSPS) is 17.6. The van der Waals surface area contributed by atoms with Crippen molar-refractivity contribution in [2.75, 3.05) is 10.0 Å². The van der Waals surface area contributed by atoms with Crippen molar-refractivity contribution in [1.29, 1.82) is 0 Å². The van der Waals surface area contributed by atoms with E-state index < -0.39 is 10.0 Å². The number of hydrogen-bond acceptors (Lipinski definition) is 4. The molecule has 0 spiro atoms. The molecule has 0 fully saturated rings. The first kappa shape index (κ1) is 17.3. The highest BCUT2D eigenvalue weighted by Gasteiger charge is 2.22. The van der Waals surface area contributed by atoms with E-state index in [1.54, 1.807) is 42.1 Å². The molecule has 1 aliphatic heterocycles. The van der Waals surface area contributed by atoms with Gasteiger partial charge in [0.15, 0.2) is 0 Å². The van der Waals surface area contributed by atoms with Gasteiger partial charge in [0.25, 0.3) is 10.0 Å². The van der Waals surface area contributed by atoms with Crippen LogP contribution in [0.5, 0.6) is 0 Å². The molecule has 3 rings (SSSR count). The number of carbonyl (C=O) groups is 1. The van der Waals surface area contributed by atoms with Crippen LogP contribution in [0, 0.1) is 0 Å². The predicted octanol–water partition coefficient (Wildman–Crippen LogP) is 4.07. The van der Waals surface area contributed by atoms with Gasteiger partial charge >= 0.3 is 0 Å². The Morgan fingerprint density at radius 3 is 2.79 bits per heavy atom. The highest BCUT2D eigenvalue weighted by atomic mass is 79.9. The lowest BCUT2D eigenvalue weighted by molar-refractivity contribution is -0.116. The minimum Gasteiger partial charge on any atom is -0.325 e. The number of benzene rings is 2. The second-order valence-electron chi connectivity index (χ2n) is 5.45. The molecule has 1 heterocycles. The van der Waals surface area contributed by atoms with Crippen molar-refractivity contribution in [3.8, 4) is 0 Å². The molecule has 0 aliphatic carbocycles. The highest BCUT2D eigenvalue weighted by molar-refractivity contribution is 9.10. The summed E-state index contributed by atoms with van der Waals surface area (Å²) in [6.07, 6.45) is 0.401. The van der Waals surface area contributed by atoms with Crippen molar-refractivity contribution in [1.82, 2.24) is 0 Å². The van der Waals surface area contributed by atoms with E-state index in [1.165, 1.54) is 6.07 Å². The minimum atomic E-state index is -3.74. The molecule has 1 atom stereocenters. The van der Waals surface area contributed by atoms with Crippen molar-refractivity contribution in [2.45, 2.75) is 28.4 Å². The van der Waals surface area contributed by atoms with Gasteiger partial charge in [0.1, 0.15) is 0 Å². The second kappa shape index (κ2) is 6.78. The van der Waals surface area contributed by atoms with Gasteiger partial charge in [0.2, 0.25) is 5.91 Å². The average molecular weight is 427 g/mol. The van der Waals surface area contributed by atoms with Crippen LogP contribution in [0.15, 0.2) is 56.7 Å². The third-order valence-corrected chi connectivity index (χ3v) is 6.46. The maximum atomic E-state index is 12.6. The number of fused-ring (bicyclic) bond motifs is 1. The fourth-order valence-electron chi connectivity index (χ4n) is 2.36. The molecule has 24 heavy (non-hydrogen) atoms. The Morgan fingerprint density at radius 2 is 2.04 bits per heavy atom. The highest BCUT2D eigenvalue weighted by Crippen LogP contribution is 2.36. The Morgan fingerprint density at radius 1 is 1.25 bits per heavy atom. The minimum absolute atomic E-state index is 0.108. The van der Waals surface area contributed by atoms with Crippen LogP contribution in [0.3, 0.4) is 0 Å². The van der Waals surface area contributed by atoms with Crippen LogP contribution in [-0.4, -0.2) is 19.6 Å². The number of nitrogens with one attached hydrogen (secondary N) is 2. The first-order chi connectivity index (χ1) is 11.3. The van der Waals surface area contributed by atoms with Gasteiger partial charge in [-0.2, -0.15) is 0 Å². The molecule has 0 unspecified atom stereocenters. The number of amides is 1. The van der Waals surface area contributed by atoms with Gasteiger partial charge in [0.05, 0.1) is 10.6 Å². The fraction of sp³-hybridized carbons (Fsp3) is 0.188. The maximum Gasteiger partial charge on any atom is 0.261 e. The zero-order valence-electron chi connectivity index (χ0n) is 12.7. The van der Waals surface area contributed by atoms with Gasteiger partial charge in [-0.15, -0.1) is 11.8 Å². The molecule has 5 nitrogen and oxygen atoms in total. The van der Waals surface area contributed by atoms with Crippen molar-refractivity contribution in [3.63, 3.8) is 0 Å². The van der Waals surface area contributed by atoms with E-state index in [1.807, 2.05) is 13.0 Å². The van der Waals surface area contributed by atoms with Crippen LogP contribution < -0.4 is 10.0 Å². The number of thioether (sulfide) groups is 1. The summed E-state index contributed by atoms with van der Waals surface area (Å²) in [4.78, 5) is 12.8. The summed E-state index contributed by atoms with van der Waals surface area (Å²) < 4.78 is 28.5. The van der Waals surface area contributed by atoms with E-state index >= 15 is 0 Å². The lowest BCUT2D eigenvalue weighted by atomic mass is 10.3. The monoisotopic (exact) mass is 426 g/mol. The standard InChI is InChI=1S/C16H15BrN2O3S2/c1-10-7-16(20)18-14-9-13(5-6-15(14)23-10)24(21,22)19-12-4-2-3-11(17)8-12/h2-6,8-10,19H,7H2,1H3,(H,18,20)/t10-/m1/s1. The lowest BCUT2D eigenvalue weighted by Crippen LogP contribution is -2.15. The topological polar surface area (TPSA) is 75.3 Å². The number of sulfonamides is 1. The molecule has 0 saturated heterocycles. The second-order valence-corrected chi connectivity index (χ2v) is 9.53. The van der Waals surface area contributed by atoms with E-state index in [0.29, 0.717) is 17.8 Å². The van der Waals surface area contributed by atoms with Crippen LogP contribution in [-0.2, 0) is 14.8 Å². The molecule has 2 aromatic carbocycles. The number of anilines is 2. The number of halogens is 1. The van der Waals surface area contributed by atoms with E-state index in [9.17, 15) is 13.2 Å². The van der Waals surface area contributed by atoms with Crippen LogP contribution >= 0.6 is 27.7 Å². The summed E-state index contributed by atoms with van der Waals surface area (Å²) in [5.74, 6) is -0.108. The van der Waals surface area contributed by atoms with Crippen molar-refractivity contribution >= 4 is 55.0 Å². The van der Waals surface area contributed by atoms with Gasteiger partial charge in [-0.3, -0.25) is 9.52 Å². The Balaban J connectivity index is 1.93.